The number of rotatable bonds is 6. The van der Waals surface area contributed by atoms with Gasteiger partial charge in [0.2, 0.25) is 5.91 Å². The molecule has 1 aromatic heterocycles. The summed E-state index contributed by atoms with van der Waals surface area (Å²) in [6.45, 7) is 0. The molecule has 110 valence electrons. The van der Waals surface area contributed by atoms with Crippen LogP contribution in [-0.2, 0) is 10.5 Å². The molecular weight excluding hydrogens is 308 g/mol. The van der Waals surface area contributed by atoms with E-state index in [1.807, 2.05) is 18.2 Å². The molecule has 0 saturated heterocycles. The molecule has 0 spiro atoms. The molecule has 2 rings (SSSR count). The lowest BCUT2D eigenvalue weighted by Gasteiger charge is -2.07. The second kappa shape index (κ2) is 7.90. The predicted octanol–water partition coefficient (Wildman–Crippen LogP) is 3.70. The number of carbonyl (C=O) groups is 1. The summed E-state index contributed by atoms with van der Waals surface area (Å²) < 4.78 is 0. The van der Waals surface area contributed by atoms with Crippen LogP contribution in [0.25, 0.3) is 0 Å². The molecule has 1 heterocycles. The number of carbonyl (C=O) groups excluding carboxylic acids is 1. The third-order valence-corrected chi connectivity index (χ3v) is 3.91. The monoisotopic (exact) mass is 322 g/mol. The molecule has 1 amide bonds. The first-order valence-corrected chi connectivity index (χ1v) is 7.94. The van der Waals surface area contributed by atoms with Gasteiger partial charge in [-0.2, -0.15) is 11.8 Å². The van der Waals surface area contributed by atoms with Crippen molar-refractivity contribution in [1.29, 1.82) is 0 Å². The second-order valence-corrected chi connectivity index (χ2v) is 5.87. The number of benzene rings is 1. The Morgan fingerprint density at radius 2 is 2.19 bits per heavy atom. The summed E-state index contributed by atoms with van der Waals surface area (Å²) in [6.07, 6.45) is 2.12. The second-order valence-electron chi connectivity index (χ2n) is 4.33. The van der Waals surface area contributed by atoms with E-state index >= 15 is 0 Å². The van der Waals surface area contributed by atoms with E-state index < -0.39 is 0 Å². The number of nitrogens with zero attached hydrogens (tertiary/aromatic N) is 1. The number of amides is 1. The number of aromatic hydroxyl groups is 1. The van der Waals surface area contributed by atoms with Crippen molar-refractivity contribution in [3.8, 4) is 5.75 Å². The van der Waals surface area contributed by atoms with Gasteiger partial charge in [0.1, 0.15) is 5.75 Å². The van der Waals surface area contributed by atoms with E-state index in [4.69, 9.17) is 11.6 Å². The van der Waals surface area contributed by atoms with E-state index in [-0.39, 0.29) is 11.7 Å². The van der Waals surface area contributed by atoms with Crippen LogP contribution in [0.1, 0.15) is 12.1 Å². The summed E-state index contributed by atoms with van der Waals surface area (Å²) in [5, 5.41) is 12.7. The minimum Gasteiger partial charge on any atom is -0.506 e. The fourth-order valence-electron chi connectivity index (χ4n) is 1.65. The zero-order valence-electron chi connectivity index (χ0n) is 11.3. The van der Waals surface area contributed by atoms with Crippen LogP contribution in [0.15, 0.2) is 42.6 Å². The Labute approximate surface area is 132 Å². The summed E-state index contributed by atoms with van der Waals surface area (Å²) in [5.74, 6) is 1.32. The van der Waals surface area contributed by atoms with Crippen molar-refractivity contribution in [2.75, 3.05) is 11.1 Å². The van der Waals surface area contributed by atoms with Crippen LogP contribution in [0, 0.1) is 0 Å². The molecule has 0 aliphatic carbocycles. The van der Waals surface area contributed by atoms with Crippen molar-refractivity contribution in [3.63, 3.8) is 0 Å². The van der Waals surface area contributed by atoms with Gasteiger partial charge in [0.25, 0.3) is 0 Å². The number of halogens is 1. The Balaban J connectivity index is 1.74. The number of thioether (sulfide) groups is 1. The topological polar surface area (TPSA) is 62.2 Å². The Kier molecular flexibility index (Phi) is 5.90. The van der Waals surface area contributed by atoms with Crippen LogP contribution in [0.2, 0.25) is 5.02 Å². The molecule has 6 heteroatoms. The number of pyridine rings is 1. The van der Waals surface area contributed by atoms with Crippen LogP contribution in [-0.4, -0.2) is 21.8 Å². The molecule has 2 N–H and O–H groups in total. The maximum absolute atomic E-state index is 11.8. The molecule has 0 fully saturated rings. The van der Waals surface area contributed by atoms with Gasteiger partial charge in [-0.3, -0.25) is 9.78 Å². The summed E-state index contributed by atoms with van der Waals surface area (Å²) in [7, 11) is 0. The molecule has 0 radical (unpaired) electrons. The summed E-state index contributed by atoms with van der Waals surface area (Å²) in [5.41, 5.74) is 1.33. The highest BCUT2D eigenvalue weighted by Gasteiger charge is 2.07. The lowest BCUT2D eigenvalue weighted by molar-refractivity contribution is -0.115. The van der Waals surface area contributed by atoms with Crippen molar-refractivity contribution in [2.45, 2.75) is 12.2 Å². The first-order chi connectivity index (χ1) is 10.1. The fraction of sp³-hybridized carbons (Fsp3) is 0.200. The average Bonchev–Trinajstić information content (AvgIpc) is 2.48. The highest BCUT2D eigenvalue weighted by atomic mass is 35.5. The molecule has 1 aromatic carbocycles. The quantitative estimate of drug-likeness (QED) is 0.629. The Morgan fingerprint density at radius 1 is 1.33 bits per heavy atom. The number of hydrogen-bond donors (Lipinski definition) is 2. The molecule has 0 aliphatic rings. The summed E-state index contributed by atoms with van der Waals surface area (Å²) in [4.78, 5) is 16.0. The number of hydrogen-bond acceptors (Lipinski definition) is 4. The van der Waals surface area contributed by atoms with Gasteiger partial charge < -0.3 is 10.4 Å². The van der Waals surface area contributed by atoms with Crippen LogP contribution >= 0.6 is 23.4 Å². The largest absolute Gasteiger partial charge is 0.506 e. The van der Waals surface area contributed by atoms with Crippen molar-refractivity contribution < 1.29 is 9.90 Å². The number of phenolic OH excluding ortho intramolecular Hbond substituents is 1. The van der Waals surface area contributed by atoms with E-state index in [1.165, 1.54) is 12.1 Å². The Morgan fingerprint density at radius 3 is 2.95 bits per heavy atom. The van der Waals surface area contributed by atoms with Gasteiger partial charge in [-0.25, -0.2) is 0 Å². The van der Waals surface area contributed by atoms with E-state index in [0.29, 0.717) is 22.9 Å². The Hall–Kier alpha value is -1.72. The van der Waals surface area contributed by atoms with Gasteiger partial charge in [0.15, 0.2) is 0 Å². The van der Waals surface area contributed by atoms with Crippen LogP contribution < -0.4 is 5.32 Å². The Bertz CT molecular complexity index is 608. The number of nitrogens with one attached hydrogen (secondary N) is 1. The van der Waals surface area contributed by atoms with Gasteiger partial charge in [-0.05, 0) is 30.3 Å². The summed E-state index contributed by atoms with van der Waals surface area (Å²) in [6, 6.07) is 10.3. The van der Waals surface area contributed by atoms with Gasteiger partial charge in [0, 0.05) is 29.1 Å². The number of phenols is 1. The van der Waals surface area contributed by atoms with E-state index in [9.17, 15) is 9.90 Å². The molecule has 0 atom stereocenters. The molecule has 0 unspecified atom stereocenters. The third kappa shape index (κ3) is 5.28. The van der Waals surface area contributed by atoms with Crippen molar-refractivity contribution >= 4 is 35.0 Å². The van der Waals surface area contributed by atoms with Gasteiger partial charge in [0.05, 0.1) is 11.4 Å². The van der Waals surface area contributed by atoms with Crippen LogP contribution in [0.4, 0.5) is 5.69 Å². The first-order valence-electron chi connectivity index (χ1n) is 6.41. The lowest BCUT2D eigenvalue weighted by Crippen LogP contribution is -2.12. The summed E-state index contributed by atoms with van der Waals surface area (Å²) >= 11 is 7.46. The molecule has 0 bridgehead atoms. The molecule has 21 heavy (non-hydrogen) atoms. The van der Waals surface area contributed by atoms with Crippen molar-refractivity contribution in [3.05, 3.63) is 53.3 Å². The zero-order chi connectivity index (χ0) is 15.1. The fourth-order valence-corrected chi connectivity index (χ4v) is 2.67. The minimum absolute atomic E-state index is 0.00823. The highest BCUT2D eigenvalue weighted by Crippen LogP contribution is 2.26. The minimum atomic E-state index is -0.152. The molecule has 0 saturated carbocycles. The van der Waals surface area contributed by atoms with Crippen molar-refractivity contribution in [1.82, 2.24) is 4.98 Å². The standard InChI is InChI=1S/C15H15ClN2O2S/c16-11-4-5-14(19)13(9-11)18-15(20)6-8-21-10-12-3-1-2-7-17-12/h1-5,7,9,19H,6,8,10H2,(H,18,20). The molecular formula is C15H15ClN2O2S. The normalized spacial score (nSPS) is 10.3. The van der Waals surface area contributed by atoms with Crippen LogP contribution in [0.3, 0.4) is 0 Å². The average molecular weight is 323 g/mol. The molecule has 4 nitrogen and oxygen atoms in total. The predicted molar refractivity (Wildman–Crippen MR) is 86.8 cm³/mol. The zero-order valence-corrected chi connectivity index (χ0v) is 12.8. The van der Waals surface area contributed by atoms with E-state index in [1.54, 1.807) is 24.0 Å². The van der Waals surface area contributed by atoms with Crippen LogP contribution in [0.5, 0.6) is 5.75 Å². The lowest BCUT2D eigenvalue weighted by atomic mass is 10.3. The highest BCUT2D eigenvalue weighted by molar-refractivity contribution is 7.98. The van der Waals surface area contributed by atoms with Crippen molar-refractivity contribution in [2.24, 2.45) is 0 Å². The van der Waals surface area contributed by atoms with E-state index in [0.717, 1.165) is 11.4 Å². The third-order valence-electron chi connectivity index (χ3n) is 2.68. The van der Waals surface area contributed by atoms with Gasteiger partial charge >= 0.3 is 0 Å². The molecule has 2 aromatic rings. The maximum atomic E-state index is 11.8. The number of aromatic nitrogens is 1. The van der Waals surface area contributed by atoms with Gasteiger partial charge in [-0.15, -0.1) is 0 Å². The number of anilines is 1. The molecule has 0 aliphatic heterocycles. The first kappa shape index (κ1) is 15.7. The smallest absolute Gasteiger partial charge is 0.225 e. The van der Waals surface area contributed by atoms with Gasteiger partial charge in [-0.1, -0.05) is 17.7 Å². The SMILES string of the molecule is O=C(CCSCc1ccccn1)Nc1cc(Cl)ccc1O. The van der Waals surface area contributed by atoms with E-state index in [2.05, 4.69) is 10.3 Å². The maximum Gasteiger partial charge on any atom is 0.225 e.